The number of halogens is 2. The molecular weight excluding hydrogens is 252 g/mol. The highest BCUT2D eigenvalue weighted by Crippen LogP contribution is 2.17. The molecule has 0 unspecified atom stereocenters. The minimum absolute atomic E-state index is 0.0231. The van der Waals surface area contributed by atoms with Gasteiger partial charge in [-0.1, -0.05) is 38.8 Å². The number of hydrogen-bond acceptors (Lipinski definition) is 1. The van der Waals surface area contributed by atoms with E-state index < -0.39 is 10.8 Å². The molecule has 0 heterocycles. The van der Waals surface area contributed by atoms with E-state index >= 15 is 0 Å². The molecule has 2 atom stereocenters. The molecule has 0 bridgehead atoms. The van der Waals surface area contributed by atoms with Crippen LogP contribution in [0.4, 0.5) is 0 Å². The van der Waals surface area contributed by atoms with Gasteiger partial charge in [0.25, 0.3) is 0 Å². The largest absolute Gasteiger partial charge is 0.480 e. The van der Waals surface area contributed by atoms with E-state index in [4.69, 9.17) is 5.11 Å². The lowest BCUT2D eigenvalue weighted by Gasteiger charge is -2.08. The molecule has 0 amide bonds. The highest BCUT2D eigenvalue weighted by molar-refractivity contribution is 9.12. The molecule has 0 aromatic rings. The van der Waals surface area contributed by atoms with Gasteiger partial charge in [0, 0.05) is 4.83 Å². The number of alkyl halides is 2. The zero-order chi connectivity index (χ0) is 7.44. The summed E-state index contributed by atoms with van der Waals surface area (Å²) in [5, 5.41) is 8.41. The molecule has 0 aliphatic heterocycles. The van der Waals surface area contributed by atoms with E-state index in [1.807, 2.05) is 6.92 Å². The summed E-state index contributed by atoms with van der Waals surface area (Å²) in [5.74, 6) is -0.821. The zero-order valence-corrected chi connectivity index (χ0v) is 8.15. The number of carboxylic acid groups (broad SMARTS) is 1. The molecule has 0 fully saturated rings. The van der Waals surface area contributed by atoms with Crippen LogP contribution in [0.1, 0.15) is 13.3 Å². The van der Waals surface area contributed by atoms with E-state index in [-0.39, 0.29) is 4.83 Å². The van der Waals surface area contributed by atoms with E-state index in [9.17, 15) is 4.79 Å². The number of rotatable bonds is 3. The monoisotopic (exact) mass is 258 g/mol. The molecule has 0 aliphatic rings. The molecule has 0 aliphatic carbocycles. The van der Waals surface area contributed by atoms with Crippen LogP contribution >= 0.6 is 31.9 Å². The Morgan fingerprint density at radius 3 is 2.22 bits per heavy atom. The normalized spacial score (nSPS) is 16.8. The Hall–Kier alpha value is 0.430. The van der Waals surface area contributed by atoms with Gasteiger partial charge in [-0.3, -0.25) is 4.79 Å². The number of hydrogen-bond donors (Lipinski definition) is 1. The van der Waals surface area contributed by atoms with Crippen molar-refractivity contribution in [3.05, 3.63) is 0 Å². The van der Waals surface area contributed by atoms with Crippen molar-refractivity contribution in [2.24, 2.45) is 0 Å². The van der Waals surface area contributed by atoms with Crippen molar-refractivity contribution < 1.29 is 9.90 Å². The van der Waals surface area contributed by atoms with Crippen molar-refractivity contribution in [1.82, 2.24) is 0 Å². The topological polar surface area (TPSA) is 37.3 Å². The van der Waals surface area contributed by atoms with Crippen LogP contribution in [-0.4, -0.2) is 20.7 Å². The van der Waals surface area contributed by atoms with Gasteiger partial charge in [-0.15, -0.1) is 0 Å². The summed E-state index contributed by atoms with van der Waals surface area (Å²) in [6, 6.07) is 0. The van der Waals surface area contributed by atoms with Crippen LogP contribution in [0.3, 0.4) is 0 Å². The lowest BCUT2D eigenvalue weighted by molar-refractivity contribution is -0.136. The second-order valence-corrected chi connectivity index (χ2v) is 3.83. The van der Waals surface area contributed by atoms with Gasteiger partial charge in [-0.25, -0.2) is 0 Å². The Morgan fingerprint density at radius 1 is 1.67 bits per heavy atom. The van der Waals surface area contributed by atoms with Crippen LogP contribution in [0.5, 0.6) is 0 Å². The highest BCUT2D eigenvalue weighted by Gasteiger charge is 2.20. The third-order valence-corrected chi connectivity index (χ3v) is 3.86. The van der Waals surface area contributed by atoms with Crippen molar-refractivity contribution in [3.8, 4) is 0 Å². The molecule has 0 spiro atoms. The maximum absolute atomic E-state index is 10.2. The van der Waals surface area contributed by atoms with Gasteiger partial charge < -0.3 is 5.11 Å². The minimum atomic E-state index is -0.821. The molecule has 9 heavy (non-hydrogen) atoms. The lowest BCUT2D eigenvalue weighted by Crippen LogP contribution is -2.22. The maximum Gasteiger partial charge on any atom is 0.318 e. The van der Waals surface area contributed by atoms with Crippen LogP contribution < -0.4 is 0 Å². The van der Waals surface area contributed by atoms with Crippen LogP contribution in [-0.2, 0) is 4.79 Å². The van der Waals surface area contributed by atoms with Crippen LogP contribution in [0.15, 0.2) is 0 Å². The number of carbonyl (C=O) groups is 1. The SMILES string of the molecule is CC[C@@H](Br)[C@H](Br)C(=O)O. The molecule has 0 aromatic heterocycles. The van der Waals surface area contributed by atoms with Crippen molar-refractivity contribution in [1.29, 1.82) is 0 Å². The predicted molar refractivity (Wildman–Crippen MR) is 43.4 cm³/mol. The first-order chi connectivity index (χ1) is 4.09. The molecule has 2 nitrogen and oxygen atoms in total. The smallest absolute Gasteiger partial charge is 0.318 e. The Kier molecular flexibility index (Phi) is 4.48. The zero-order valence-electron chi connectivity index (χ0n) is 4.97. The minimum Gasteiger partial charge on any atom is -0.480 e. The van der Waals surface area contributed by atoms with Gasteiger partial charge in [0.1, 0.15) is 4.83 Å². The first-order valence-corrected chi connectivity index (χ1v) is 4.43. The Balaban J connectivity index is 3.72. The van der Waals surface area contributed by atoms with Crippen molar-refractivity contribution >= 4 is 37.8 Å². The Labute approximate surface area is 70.9 Å². The molecule has 4 heteroatoms. The summed E-state index contributed by atoms with van der Waals surface area (Å²) in [7, 11) is 0. The van der Waals surface area contributed by atoms with Crippen molar-refractivity contribution in [2.45, 2.75) is 23.0 Å². The van der Waals surface area contributed by atoms with Crippen molar-refractivity contribution in [3.63, 3.8) is 0 Å². The first kappa shape index (κ1) is 9.43. The Bertz CT molecular complexity index is 105. The summed E-state index contributed by atoms with van der Waals surface area (Å²) in [6.45, 7) is 1.93. The van der Waals surface area contributed by atoms with E-state index in [1.54, 1.807) is 0 Å². The molecular formula is C5H8Br2O2. The summed E-state index contributed by atoms with van der Waals surface area (Å²) in [6.07, 6.45) is 0.808. The van der Waals surface area contributed by atoms with Crippen LogP contribution in [0.25, 0.3) is 0 Å². The number of aliphatic carboxylic acids is 1. The molecule has 0 saturated heterocycles. The van der Waals surface area contributed by atoms with Gasteiger partial charge in [-0.05, 0) is 6.42 Å². The van der Waals surface area contributed by atoms with Gasteiger partial charge >= 0.3 is 5.97 Å². The third kappa shape index (κ3) is 3.20. The van der Waals surface area contributed by atoms with Crippen LogP contribution in [0, 0.1) is 0 Å². The third-order valence-electron chi connectivity index (χ3n) is 0.943. The maximum atomic E-state index is 10.2. The lowest BCUT2D eigenvalue weighted by atomic mass is 10.2. The molecule has 0 rings (SSSR count). The van der Waals surface area contributed by atoms with E-state index in [0.29, 0.717) is 0 Å². The quantitative estimate of drug-likeness (QED) is 0.788. The first-order valence-electron chi connectivity index (χ1n) is 2.60. The second-order valence-electron chi connectivity index (χ2n) is 1.66. The standard InChI is InChI=1S/C5H8Br2O2/c1-2-3(6)4(7)5(8)9/h3-4H,2H2,1H3,(H,8,9)/t3-,4+/m1/s1. The van der Waals surface area contributed by atoms with Gasteiger partial charge in [-0.2, -0.15) is 0 Å². The highest BCUT2D eigenvalue weighted by atomic mass is 79.9. The summed E-state index contributed by atoms with van der Waals surface area (Å²) in [5.41, 5.74) is 0. The Morgan fingerprint density at radius 2 is 2.11 bits per heavy atom. The predicted octanol–water partition coefficient (Wildman–Crippen LogP) is 2.01. The second kappa shape index (κ2) is 4.28. The van der Waals surface area contributed by atoms with Crippen LogP contribution in [0.2, 0.25) is 0 Å². The van der Waals surface area contributed by atoms with Gasteiger partial charge in [0.15, 0.2) is 0 Å². The van der Waals surface area contributed by atoms with Crippen molar-refractivity contribution in [2.75, 3.05) is 0 Å². The fourth-order valence-corrected chi connectivity index (χ4v) is 0.962. The summed E-state index contributed by atoms with van der Waals surface area (Å²) in [4.78, 5) is 9.78. The summed E-state index contributed by atoms with van der Waals surface area (Å²) < 4.78 is 0. The fourth-order valence-electron chi connectivity index (χ4n) is 0.362. The van der Waals surface area contributed by atoms with E-state index in [1.165, 1.54) is 0 Å². The average molecular weight is 260 g/mol. The van der Waals surface area contributed by atoms with Gasteiger partial charge in [0.2, 0.25) is 0 Å². The average Bonchev–Trinajstić information content (AvgIpc) is 1.84. The molecule has 1 N–H and O–H groups in total. The summed E-state index contributed by atoms with van der Waals surface area (Å²) >= 11 is 6.24. The molecule has 54 valence electrons. The van der Waals surface area contributed by atoms with E-state index in [0.717, 1.165) is 6.42 Å². The number of carboxylic acids is 1. The van der Waals surface area contributed by atoms with E-state index in [2.05, 4.69) is 31.9 Å². The molecule has 0 radical (unpaired) electrons. The molecule has 0 aromatic carbocycles. The molecule has 0 saturated carbocycles. The fraction of sp³-hybridized carbons (Fsp3) is 0.800. The van der Waals surface area contributed by atoms with Gasteiger partial charge in [0.05, 0.1) is 0 Å².